The van der Waals surface area contributed by atoms with Crippen LogP contribution in [0.15, 0.2) is 12.1 Å². The van der Waals surface area contributed by atoms with Gasteiger partial charge >= 0.3 is 0 Å². The molecule has 0 heterocycles. The molecule has 17 heavy (non-hydrogen) atoms. The van der Waals surface area contributed by atoms with Gasteiger partial charge in [0.25, 0.3) is 0 Å². The molecule has 0 bridgehead atoms. The van der Waals surface area contributed by atoms with Gasteiger partial charge in [-0.25, -0.2) is 0 Å². The van der Waals surface area contributed by atoms with E-state index in [9.17, 15) is 0 Å². The Morgan fingerprint density at radius 1 is 1.00 bits per heavy atom. The maximum Gasteiger partial charge on any atom is 0.122 e. The molecule has 0 radical (unpaired) electrons. The van der Waals surface area contributed by atoms with E-state index >= 15 is 0 Å². The van der Waals surface area contributed by atoms with Gasteiger partial charge in [-0.3, -0.25) is 0 Å². The third-order valence-corrected chi connectivity index (χ3v) is 3.05. The van der Waals surface area contributed by atoms with Crippen LogP contribution in [0.3, 0.4) is 0 Å². The summed E-state index contributed by atoms with van der Waals surface area (Å²) in [6, 6.07) is 4.28. The summed E-state index contributed by atoms with van der Waals surface area (Å²) in [6.45, 7) is 12.7. The molecule has 0 aliphatic rings. The molecule has 1 rings (SSSR count). The van der Waals surface area contributed by atoms with Crippen LogP contribution in [0.25, 0.3) is 0 Å². The molecule has 0 unspecified atom stereocenters. The lowest BCUT2D eigenvalue weighted by molar-refractivity contribution is 0.396. The summed E-state index contributed by atoms with van der Waals surface area (Å²) in [5.74, 6) is 0.947. The predicted octanol–water partition coefficient (Wildman–Crippen LogP) is 3.49. The van der Waals surface area contributed by atoms with Gasteiger partial charge in [-0.05, 0) is 55.0 Å². The van der Waals surface area contributed by atoms with Crippen molar-refractivity contribution < 1.29 is 4.74 Å². The molecule has 2 heteroatoms. The van der Waals surface area contributed by atoms with Crippen LogP contribution < -0.4 is 10.5 Å². The molecule has 1 aromatic carbocycles. The second-order valence-corrected chi connectivity index (χ2v) is 6.34. The standard InChI is InChI=1S/C15H25NO/c1-10-8-13(17-7)12(14(2,3)4)9-11(10)15(5,6)16/h8-9H,16H2,1-7H3. The number of nitrogens with two attached hydrogens (primary N) is 1. The number of hydrogen-bond acceptors (Lipinski definition) is 2. The first-order chi connectivity index (χ1) is 7.57. The van der Waals surface area contributed by atoms with Crippen molar-refractivity contribution in [1.29, 1.82) is 0 Å². The van der Waals surface area contributed by atoms with Crippen molar-refractivity contribution in [3.05, 3.63) is 28.8 Å². The monoisotopic (exact) mass is 235 g/mol. The van der Waals surface area contributed by atoms with Gasteiger partial charge in [0, 0.05) is 5.54 Å². The van der Waals surface area contributed by atoms with E-state index < -0.39 is 0 Å². The van der Waals surface area contributed by atoms with Crippen molar-refractivity contribution >= 4 is 0 Å². The Morgan fingerprint density at radius 2 is 1.53 bits per heavy atom. The average molecular weight is 235 g/mol. The fourth-order valence-electron chi connectivity index (χ4n) is 2.13. The minimum absolute atomic E-state index is 0.0546. The zero-order valence-corrected chi connectivity index (χ0v) is 12.1. The highest BCUT2D eigenvalue weighted by Crippen LogP contribution is 2.36. The molecule has 0 saturated heterocycles. The average Bonchev–Trinajstić information content (AvgIpc) is 2.13. The predicted molar refractivity (Wildman–Crippen MR) is 73.6 cm³/mol. The molecular formula is C15H25NO. The number of ether oxygens (including phenoxy) is 1. The number of methoxy groups -OCH3 is 1. The van der Waals surface area contributed by atoms with Gasteiger partial charge in [-0.2, -0.15) is 0 Å². The summed E-state index contributed by atoms with van der Waals surface area (Å²) in [7, 11) is 1.72. The van der Waals surface area contributed by atoms with Crippen LogP contribution in [-0.4, -0.2) is 7.11 Å². The molecular weight excluding hydrogens is 210 g/mol. The Labute approximate surface area is 105 Å². The van der Waals surface area contributed by atoms with Crippen molar-refractivity contribution in [2.45, 2.75) is 52.5 Å². The van der Waals surface area contributed by atoms with Crippen LogP contribution >= 0.6 is 0 Å². The summed E-state index contributed by atoms with van der Waals surface area (Å²) >= 11 is 0. The highest BCUT2D eigenvalue weighted by Gasteiger charge is 2.24. The van der Waals surface area contributed by atoms with Crippen LogP contribution in [0.1, 0.15) is 51.3 Å². The lowest BCUT2D eigenvalue weighted by atomic mass is 9.81. The second-order valence-electron chi connectivity index (χ2n) is 6.34. The molecule has 0 aromatic heterocycles. The van der Waals surface area contributed by atoms with E-state index in [1.807, 2.05) is 13.8 Å². The maximum absolute atomic E-state index is 6.22. The maximum atomic E-state index is 6.22. The van der Waals surface area contributed by atoms with Crippen molar-refractivity contribution in [2.75, 3.05) is 7.11 Å². The second kappa shape index (κ2) is 4.34. The molecule has 2 N–H and O–H groups in total. The third-order valence-electron chi connectivity index (χ3n) is 3.05. The van der Waals surface area contributed by atoms with Crippen LogP contribution in [0.2, 0.25) is 0 Å². The Hall–Kier alpha value is -1.02. The van der Waals surface area contributed by atoms with Gasteiger partial charge in [0.1, 0.15) is 5.75 Å². The van der Waals surface area contributed by atoms with Crippen LogP contribution in [0, 0.1) is 6.92 Å². The fourth-order valence-corrected chi connectivity index (χ4v) is 2.13. The van der Waals surface area contributed by atoms with Crippen molar-refractivity contribution in [3.8, 4) is 5.75 Å². The van der Waals surface area contributed by atoms with Crippen molar-refractivity contribution in [2.24, 2.45) is 5.73 Å². The van der Waals surface area contributed by atoms with Crippen LogP contribution in [0.5, 0.6) is 5.75 Å². The molecule has 1 aromatic rings. The van der Waals surface area contributed by atoms with Gasteiger partial charge < -0.3 is 10.5 Å². The topological polar surface area (TPSA) is 35.2 Å². The van der Waals surface area contributed by atoms with Crippen molar-refractivity contribution in [1.82, 2.24) is 0 Å². The molecule has 0 atom stereocenters. The zero-order valence-electron chi connectivity index (χ0n) is 12.1. The van der Waals surface area contributed by atoms with E-state index in [1.54, 1.807) is 7.11 Å². The molecule has 0 fully saturated rings. The van der Waals surface area contributed by atoms with E-state index in [4.69, 9.17) is 10.5 Å². The SMILES string of the molecule is COc1cc(C)c(C(C)(C)N)cc1C(C)(C)C. The molecule has 96 valence electrons. The van der Waals surface area contributed by atoms with Gasteiger partial charge in [-0.1, -0.05) is 20.8 Å². The highest BCUT2D eigenvalue weighted by atomic mass is 16.5. The first-order valence-electron chi connectivity index (χ1n) is 6.06. The van der Waals surface area contributed by atoms with Crippen LogP contribution in [0.4, 0.5) is 0 Å². The van der Waals surface area contributed by atoms with E-state index in [-0.39, 0.29) is 11.0 Å². The van der Waals surface area contributed by atoms with E-state index in [1.165, 1.54) is 16.7 Å². The van der Waals surface area contributed by atoms with Gasteiger partial charge in [0.2, 0.25) is 0 Å². The molecule has 0 amide bonds. The minimum Gasteiger partial charge on any atom is -0.496 e. The first-order valence-corrected chi connectivity index (χ1v) is 6.06. The smallest absolute Gasteiger partial charge is 0.122 e. The van der Waals surface area contributed by atoms with Crippen LogP contribution in [-0.2, 0) is 11.0 Å². The first kappa shape index (κ1) is 14.0. The number of benzene rings is 1. The Kier molecular flexibility index (Phi) is 3.58. The van der Waals surface area contributed by atoms with Crippen molar-refractivity contribution in [3.63, 3.8) is 0 Å². The summed E-state index contributed by atoms with van der Waals surface area (Å²) in [4.78, 5) is 0. The fraction of sp³-hybridized carbons (Fsp3) is 0.600. The Morgan fingerprint density at radius 3 is 1.88 bits per heavy atom. The zero-order chi connectivity index (χ0) is 13.4. The van der Waals surface area contributed by atoms with Gasteiger partial charge in [-0.15, -0.1) is 0 Å². The van der Waals surface area contributed by atoms with Gasteiger partial charge in [0.15, 0.2) is 0 Å². The normalized spacial score (nSPS) is 12.7. The lowest BCUT2D eigenvalue weighted by Gasteiger charge is -2.28. The molecule has 2 nitrogen and oxygen atoms in total. The molecule has 0 aliphatic carbocycles. The van der Waals surface area contributed by atoms with Gasteiger partial charge in [0.05, 0.1) is 7.11 Å². The third kappa shape index (κ3) is 3.01. The summed E-state index contributed by atoms with van der Waals surface area (Å²) in [5.41, 5.74) is 9.53. The van der Waals surface area contributed by atoms with E-state index in [0.29, 0.717) is 0 Å². The largest absolute Gasteiger partial charge is 0.496 e. The number of aryl methyl sites for hydroxylation is 1. The number of rotatable bonds is 2. The summed E-state index contributed by atoms with van der Waals surface area (Å²) < 4.78 is 5.48. The molecule has 0 spiro atoms. The Balaban J connectivity index is 3.49. The highest BCUT2D eigenvalue weighted by molar-refractivity contribution is 5.47. The Bertz CT molecular complexity index is 408. The van der Waals surface area contributed by atoms with E-state index in [0.717, 1.165) is 5.75 Å². The number of hydrogen-bond donors (Lipinski definition) is 1. The lowest BCUT2D eigenvalue weighted by Crippen LogP contribution is -2.30. The molecule has 0 saturated carbocycles. The van der Waals surface area contributed by atoms with E-state index in [2.05, 4.69) is 39.8 Å². The summed E-state index contributed by atoms with van der Waals surface area (Å²) in [6.07, 6.45) is 0. The minimum atomic E-state index is -0.323. The molecule has 0 aliphatic heterocycles. The summed E-state index contributed by atoms with van der Waals surface area (Å²) in [5, 5.41) is 0. The quantitative estimate of drug-likeness (QED) is 0.851.